The van der Waals surface area contributed by atoms with Gasteiger partial charge in [0, 0.05) is 17.9 Å². The smallest absolute Gasteiger partial charge is 0.340 e. The number of carbonyl (C=O) groups excluding carboxylic acids is 1. The molecule has 0 bridgehead atoms. The molecule has 0 aliphatic rings. The molecule has 0 saturated heterocycles. The zero-order chi connectivity index (χ0) is 14.4. The lowest BCUT2D eigenvalue weighted by molar-refractivity contribution is 0.0602. The highest BCUT2D eigenvalue weighted by Gasteiger charge is 2.10. The van der Waals surface area contributed by atoms with Crippen molar-refractivity contribution >= 4 is 17.3 Å². The van der Waals surface area contributed by atoms with Gasteiger partial charge in [-0.3, -0.25) is 0 Å². The molecule has 0 aliphatic heterocycles. The highest BCUT2D eigenvalue weighted by Crippen LogP contribution is 2.18. The van der Waals surface area contributed by atoms with E-state index in [1.54, 1.807) is 12.1 Å². The lowest BCUT2D eigenvalue weighted by atomic mass is 10.1. The summed E-state index contributed by atoms with van der Waals surface area (Å²) in [6.07, 6.45) is 0.915. The van der Waals surface area contributed by atoms with Crippen molar-refractivity contribution in [3.63, 3.8) is 0 Å². The number of anilines is 2. The lowest BCUT2D eigenvalue weighted by Gasteiger charge is -2.09. The average molecular weight is 270 g/mol. The minimum absolute atomic E-state index is 0.386. The summed E-state index contributed by atoms with van der Waals surface area (Å²) in [5.41, 5.74) is 8.69. The number of hydrogen-bond donors (Lipinski definition) is 2. The molecular formula is C16H18N2O2. The summed E-state index contributed by atoms with van der Waals surface area (Å²) in [7, 11) is 1.34. The molecule has 3 N–H and O–H groups in total. The molecule has 2 aromatic rings. The first-order valence-electron chi connectivity index (χ1n) is 6.46. The number of carbonyl (C=O) groups is 1. The lowest BCUT2D eigenvalue weighted by Crippen LogP contribution is -2.09. The summed E-state index contributed by atoms with van der Waals surface area (Å²) in [5.74, 6) is -0.422. The Bertz CT molecular complexity index is 582. The van der Waals surface area contributed by atoms with Gasteiger partial charge in [-0.05, 0) is 30.2 Å². The second-order valence-electron chi connectivity index (χ2n) is 4.46. The zero-order valence-electron chi connectivity index (χ0n) is 11.4. The van der Waals surface area contributed by atoms with Crippen LogP contribution in [0.2, 0.25) is 0 Å². The monoisotopic (exact) mass is 270 g/mol. The molecule has 20 heavy (non-hydrogen) atoms. The van der Waals surface area contributed by atoms with Crippen LogP contribution in [-0.4, -0.2) is 19.6 Å². The number of hydrogen-bond acceptors (Lipinski definition) is 4. The topological polar surface area (TPSA) is 64.3 Å². The molecule has 2 rings (SSSR count). The van der Waals surface area contributed by atoms with Gasteiger partial charge >= 0.3 is 5.97 Å². The van der Waals surface area contributed by atoms with Gasteiger partial charge in [0.1, 0.15) is 0 Å². The first-order chi connectivity index (χ1) is 9.70. The van der Waals surface area contributed by atoms with Crippen LogP contribution in [-0.2, 0) is 11.2 Å². The molecule has 0 aliphatic carbocycles. The van der Waals surface area contributed by atoms with Crippen LogP contribution >= 0.6 is 0 Å². The van der Waals surface area contributed by atoms with Crippen LogP contribution in [0.4, 0.5) is 11.4 Å². The van der Waals surface area contributed by atoms with Gasteiger partial charge in [0.2, 0.25) is 0 Å². The third-order valence-corrected chi connectivity index (χ3v) is 3.04. The van der Waals surface area contributed by atoms with Crippen molar-refractivity contribution in [2.24, 2.45) is 0 Å². The zero-order valence-corrected chi connectivity index (χ0v) is 11.4. The van der Waals surface area contributed by atoms with Crippen LogP contribution in [0.25, 0.3) is 0 Å². The molecular weight excluding hydrogens is 252 g/mol. The van der Waals surface area contributed by atoms with E-state index in [1.165, 1.54) is 12.7 Å². The van der Waals surface area contributed by atoms with Gasteiger partial charge in [-0.2, -0.15) is 0 Å². The number of nitrogen functional groups attached to an aromatic ring is 1. The summed E-state index contributed by atoms with van der Waals surface area (Å²) >= 11 is 0. The summed E-state index contributed by atoms with van der Waals surface area (Å²) in [4.78, 5) is 11.6. The van der Waals surface area contributed by atoms with E-state index < -0.39 is 5.97 Å². The van der Waals surface area contributed by atoms with Gasteiger partial charge in [-0.25, -0.2) is 4.79 Å². The SMILES string of the molecule is COC(=O)c1cc(NCCc2ccccc2)ccc1N. The van der Waals surface area contributed by atoms with E-state index in [9.17, 15) is 4.79 Å². The summed E-state index contributed by atoms with van der Waals surface area (Å²) in [5, 5.41) is 3.28. The fraction of sp³-hybridized carbons (Fsp3) is 0.188. The molecule has 4 nitrogen and oxygen atoms in total. The van der Waals surface area contributed by atoms with Crippen molar-refractivity contribution in [2.75, 3.05) is 24.7 Å². The Labute approximate surface area is 118 Å². The predicted octanol–water partition coefficient (Wildman–Crippen LogP) is 2.71. The summed E-state index contributed by atoms with van der Waals surface area (Å²) in [6, 6.07) is 15.5. The summed E-state index contributed by atoms with van der Waals surface area (Å²) < 4.78 is 4.70. The fourth-order valence-electron chi connectivity index (χ4n) is 1.95. The molecule has 0 spiro atoms. The maximum absolute atomic E-state index is 11.6. The van der Waals surface area contributed by atoms with Gasteiger partial charge < -0.3 is 15.8 Å². The molecule has 0 heterocycles. The van der Waals surface area contributed by atoms with Crippen molar-refractivity contribution < 1.29 is 9.53 Å². The molecule has 2 aromatic carbocycles. The highest BCUT2D eigenvalue weighted by atomic mass is 16.5. The van der Waals surface area contributed by atoms with E-state index in [0.717, 1.165) is 18.7 Å². The third kappa shape index (κ3) is 3.51. The van der Waals surface area contributed by atoms with Gasteiger partial charge in [-0.15, -0.1) is 0 Å². The number of benzene rings is 2. The minimum Gasteiger partial charge on any atom is -0.465 e. The van der Waals surface area contributed by atoms with E-state index in [0.29, 0.717) is 11.3 Å². The number of ether oxygens (including phenoxy) is 1. The van der Waals surface area contributed by atoms with Crippen molar-refractivity contribution in [3.05, 3.63) is 59.7 Å². The van der Waals surface area contributed by atoms with Crippen LogP contribution in [0.15, 0.2) is 48.5 Å². The standard InChI is InChI=1S/C16H18N2O2/c1-20-16(19)14-11-13(7-8-15(14)17)18-10-9-12-5-3-2-4-6-12/h2-8,11,18H,9-10,17H2,1H3. The summed E-state index contributed by atoms with van der Waals surface area (Å²) in [6.45, 7) is 0.786. The van der Waals surface area contributed by atoms with Crippen LogP contribution in [0.5, 0.6) is 0 Å². The fourth-order valence-corrected chi connectivity index (χ4v) is 1.95. The second-order valence-corrected chi connectivity index (χ2v) is 4.46. The minimum atomic E-state index is -0.422. The molecule has 0 atom stereocenters. The van der Waals surface area contributed by atoms with Gasteiger partial charge in [-0.1, -0.05) is 30.3 Å². The Morgan fingerprint density at radius 3 is 2.65 bits per heavy atom. The average Bonchev–Trinajstić information content (AvgIpc) is 2.49. The Balaban J connectivity index is 1.98. The largest absolute Gasteiger partial charge is 0.465 e. The van der Waals surface area contributed by atoms with Gasteiger partial charge in [0.05, 0.1) is 12.7 Å². The Morgan fingerprint density at radius 2 is 1.95 bits per heavy atom. The molecule has 0 saturated carbocycles. The first-order valence-corrected chi connectivity index (χ1v) is 6.46. The van der Waals surface area contributed by atoms with E-state index in [4.69, 9.17) is 10.5 Å². The van der Waals surface area contributed by atoms with E-state index in [1.807, 2.05) is 24.3 Å². The normalized spacial score (nSPS) is 10.1. The predicted molar refractivity (Wildman–Crippen MR) is 80.8 cm³/mol. The Hall–Kier alpha value is -2.49. The maximum atomic E-state index is 11.6. The van der Waals surface area contributed by atoms with Gasteiger partial charge in [0.25, 0.3) is 0 Å². The molecule has 104 valence electrons. The van der Waals surface area contributed by atoms with Gasteiger partial charge in [0.15, 0.2) is 0 Å². The quantitative estimate of drug-likeness (QED) is 0.647. The number of rotatable bonds is 5. The second kappa shape index (κ2) is 6.61. The van der Waals surface area contributed by atoms with Crippen LogP contribution in [0.3, 0.4) is 0 Å². The molecule has 0 unspecified atom stereocenters. The first kappa shape index (κ1) is 13.9. The van der Waals surface area contributed by atoms with Crippen molar-refractivity contribution in [2.45, 2.75) is 6.42 Å². The van der Waals surface area contributed by atoms with E-state index in [-0.39, 0.29) is 0 Å². The van der Waals surface area contributed by atoms with Crippen molar-refractivity contribution in [3.8, 4) is 0 Å². The van der Waals surface area contributed by atoms with Crippen molar-refractivity contribution in [1.82, 2.24) is 0 Å². The highest BCUT2D eigenvalue weighted by molar-refractivity contribution is 5.96. The Kier molecular flexibility index (Phi) is 4.60. The molecule has 0 aromatic heterocycles. The van der Waals surface area contributed by atoms with E-state index >= 15 is 0 Å². The Morgan fingerprint density at radius 1 is 1.20 bits per heavy atom. The molecule has 0 fully saturated rings. The van der Waals surface area contributed by atoms with Crippen molar-refractivity contribution in [1.29, 1.82) is 0 Å². The molecule has 0 amide bonds. The number of nitrogens with two attached hydrogens (primary N) is 1. The maximum Gasteiger partial charge on any atom is 0.340 e. The number of methoxy groups -OCH3 is 1. The molecule has 0 radical (unpaired) electrons. The van der Waals surface area contributed by atoms with Crippen LogP contribution in [0, 0.1) is 0 Å². The molecule has 4 heteroatoms. The number of nitrogens with one attached hydrogen (secondary N) is 1. The van der Waals surface area contributed by atoms with E-state index in [2.05, 4.69) is 17.4 Å². The number of esters is 1. The van der Waals surface area contributed by atoms with Crippen LogP contribution < -0.4 is 11.1 Å². The third-order valence-electron chi connectivity index (χ3n) is 3.04. The van der Waals surface area contributed by atoms with Crippen LogP contribution in [0.1, 0.15) is 15.9 Å².